The normalized spacial score (nSPS) is 11.2. The Kier molecular flexibility index (Phi) is 8.55. The van der Waals surface area contributed by atoms with Gasteiger partial charge in [0, 0.05) is 27.6 Å². The number of fused-ring (bicyclic) bond motifs is 3. The molecule has 0 radical (unpaired) electrons. The van der Waals surface area contributed by atoms with E-state index in [1.807, 2.05) is 0 Å². The van der Waals surface area contributed by atoms with Gasteiger partial charge in [-0.25, -0.2) is 0 Å². The van der Waals surface area contributed by atoms with Crippen LogP contribution in [0.15, 0.2) is 231 Å². The van der Waals surface area contributed by atoms with E-state index in [0.29, 0.717) is 0 Å². The van der Waals surface area contributed by atoms with Gasteiger partial charge in [-0.1, -0.05) is 182 Å². The minimum Gasteiger partial charge on any atom is -0.309 e. The first-order valence-corrected chi connectivity index (χ1v) is 19.2. The molecule has 0 atom stereocenters. The molecule has 0 N–H and O–H groups in total. The summed E-state index contributed by atoms with van der Waals surface area (Å²) in [5.74, 6) is 0. The van der Waals surface area contributed by atoms with Crippen LogP contribution in [0.1, 0.15) is 0 Å². The maximum absolute atomic E-state index is 2.47. The molecule has 10 rings (SSSR count). The Bertz CT molecular complexity index is 2950. The molecule has 0 amide bonds. The maximum atomic E-state index is 2.47. The zero-order chi connectivity index (χ0) is 37.3. The van der Waals surface area contributed by atoms with Crippen LogP contribution in [-0.4, -0.2) is 4.57 Å². The van der Waals surface area contributed by atoms with Crippen molar-refractivity contribution in [2.24, 2.45) is 0 Å². The first-order chi connectivity index (χ1) is 27.8. The molecule has 0 spiro atoms. The number of para-hydroxylation sites is 3. The van der Waals surface area contributed by atoms with Gasteiger partial charge in [0.1, 0.15) is 0 Å². The summed E-state index contributed by atoms with van der Waals surface area (Å²) < 4.78 is 2.47. The zero-order valence-corrected chi connectivity index (χ0v) is 30.8. The molecule has 1 heterocycles. The van der Waals surface area contributed by atoms with Crippen molar-refractivity contribution in [1.82, 2.24) is 4.57 Å². The molecule has 0 saturated carbocycles. The first kappa shape index (κ1) is 33.2. The van der Waals surface area contributed by atoms with E-state index in [1.54, 1.807) is 0 Å². The van der Waals surface area contributed by atoms with E-state index < -0.39 is 0 Å². The van der Waals surface area contributed by atoms with E-state index in [0.717, 1.165) is 39.3 Å². The van der Waals surface area contributed by atoms with Gasteiger partial charge >= 0.3 is 0 Å². The lowest BCUT2D eigenvalue weighted by Gasteiger charge is -2.29. The van der Waals surface area contributed by atoms with Crippen molar-refractivity contribution in [3.05, 3.63) is 231 Å². The number of hydrogen-bond donors (Lipinski definition) is 0. The third-order valence-electron chi connectivity index (χ3n) is 10.8. The van der Waals surface area contributed by atoms with Gasteiger partial charge in [-0.05, 0) is 81.9 Å². The first-order valence-electron chi connectivity index (χ1n) is 19.2. The van der Waals surface area contributed by atoms with Crippen molar-refractivity contribution < 1.29 is 0 Å². The minimum atomic E-state index is 1.10. The van der Waals surface area contributed by atoms with Crippen molar-refractivity contribution >= 4 is 38.9 Å². The average Bonchev–Trinajstić information content (AvgIpc) is 3.63. The fourth-order valence-electron chi connectivity index (χ4n) is 8.33. The van der Waals surface area contributed by atoms with Crippen LogP contribution in [0.5, 0.6) is 0 Å². The summed E-state index contributed by atoms with van der Waals surface area (Å²) in [4.78, 5) is 2.45. The van der Waals surface area contributed by atoms with Crippen molar-refractivity contribution in [3.8, 4) is 50.2 Å². The van der Waals surface area contributed by atoms with E-state index in [2.05, 4.69) is 240 Å². The molecular formula is C54H38N2. The van der Waals surface area contributed by atoms with Crippen molar-refractivity contribution in [3.63, 3.8) is 0 Å². The predicted octanol–water partition coefficient (Wildman–Crippen LogP) is 14.9. The summed E-state index contributed by atoms with van der Waals surface area (Å²) in [6.45, 7) is 0. The Morgan fingerprint density at radius 2 is 0.839 bits per heavy atom. The lowest BCUT2D eigenvalue weighted by molar-refractivity contribution is 1.18. The van der Waals surface area contributed by atoms with Gasteiger partial charge in [-0.3, -0.25) is 0 Å². The molecule has 0 unspecified atom stereocenters. The van der Waals surface area contributed by atoms with Crippen LogP contribution in [0.3, 0.4) is 0 Å². The predicted molar refractivity (Wildman–Crippen MR) is 237 cm³/mol. The van der Waals surface area contributed by atoms with Gasteiger partial charge in [0.25, 0.3) is 0 Å². The van der Waals surface area contributed by atoms with Crippen molar-refractivity contribution in [2.45, 2.75) is 0 Å². The van der Waals surface area contributed by atoms with Crippen LogP contribution < -0.4 is 4.90 Å². The van der Waals surface area contributed by atoms with Crippen LogP contribution in [0.25, 0.3) is 72.0 Å². The fourth-order valence-corrected chi connectivity index (χ4v) is 8.33. The number of rotatable bonds is 8. The summed E-state index contributed by atoms with van der Waals surface area (Å²) >= 11 is 0. The molecular weight excluding hydrogens is 677 g/mol. The fraction of sp³-hybridized carbons (Fsp3) is 0. The lowest BCUT2D eigenvalue weighted by Crippen LogP contribution is -2.11. The molecule has 264 valence electrons. The van der Waals surface area contributed by atoms with Gasteiger partial charge in [0.15, 0.2) is 0 Å². The second-order valence-electron chi connectivity index (χ2n) is 14.1. The highest BCUT2D eigenvalue weighted by molar-refractivity contribution is 6.17. The standard InChI is InChI=1S/C54H38N2/c1-5-20-39(21-6-1)42-26-17-27-43(38-42)45-30-13-15-33-48(45)55(44-28-11-4-12-29-44)51-36-19-37-52-54(51)47-31-14-16-34-49(47)56(52)50-35-18-32-46(40-22-7-2-8-23-40)53(50)41-24-9-3-10-25-41/h1-38H. The van der Waals surface area contributed by atoms with E-state index in [4.69, 9.17) is 0 Å². The monoisotopic (exact) mass is 714 g/mol. The Labute approximate surface area is 327 Å². The summed E-state index contributed by atoms with van der Waals surface area (Å²) in [5.41, 5.74) is 16.3. The largest absolute Gasteiger partial charge is 0.309 e. The van der Waals surface area contributed by atoms with E-state index in [9.17, 15) is 0 Å². The maximum Gasteiger partial charge on any atom is 0.0562 e. The molecule has 0 fully saturated rings. The van der Waals surface area contributed by atoms with Crippen LogP contribution in [0.2, 0.25) is 0 Å². The molecule has 10 aromatic rings. The van der Waals surface area contributed by atoms with Gasteiger partial charge in [0.2, 0.25) is 0 Å². The molecule has 0 bridgehead atoms. The summed E-state index contributed by atoms with van der Waals surface area (Å²) in [5, 5.41) is 2.40. The van der Waals surface area contributed by atoms with Gasteiger partial charge in [-0.15, -0.1) is 0 Å². The number of nitrogens with zero attached hydrogens (tertiary/aromatic N) is 2. The van der Waals surface area contributed by atoms with Crippen LogP contribution in [0, 0.1) is 0 Å². The smallest absolute Gasteiger partial charge is 0.0562 e. The highest BCUT2D eigenvalue weighted by Crippen LogP contribution is 2.48. The molecule has 56 heavy (non-hydrogen) atoms. The minimum absolute atomic E-state index is 1.10. The van der Waals surface area contributed by atoms with Crippen LogP contribution in [-0.2, 0) is 0 Å². The summed E-state index contributed by atoms with van der Waals surface area (Å²) in [6, 6.07) is 83.0. The van der Waals surface area contributed by atoms with Crippen molar-refractivity contribution in [1.29, 1.82) is 0 Å². The van der Waals surface area contributed by atoms with E-state index in [-0.39, 0.29) is 0 Å². The number of benzene rings is 9. The third-order valence-corrected chi connectivity index (χ3v) is 10.8. The molecule has 2 nitrogen and oxygen atoms in total. The summed E-state index contributed by atoms with van der Waals surface area (Å²) in [7, 11) is 0. The highest BCUT2D eigenvalue weighted by atomic mass is 15.2. The molecule has 0 aliphatic carbocycles. The van der Waals surface area contributed by atoms with Gasteiger partial charge in [-0.2, -0.15) is 0 Å². The van der Waals surface area contributed by atoms with E-state index >= 15 is 0 Å². The second kappa shape index (κ2) is 14.4. The second-order valence-corrected chi connectivity index (χ2v) is 14.1. The number of anilines is 3. The molecule has 2 heteroatoms. The molecule has 1 aromatic heterocycles. The van der Waals surface area contributed by atoms with Crippen LogP contribution in [0.4, 0.5) is 17.1 Å². The number of hydrogen-bond acceptors (Lipinski definition) is 1. The zero-order valence-electron chi connectivity index (χ0n) is 30.8. The highest BCUT2D eigenvalue weighted by Gasteiger charge is 2.24. The Morgan fingerprint density at radius 1 is 0.321 bits per heavy atom. The summed E-state index contributed by atoms with van der Waals surface area (Å²) in [6.07, 6.45) is 0. The molecule has 0 aliphatic rings. The molecule has 0 saturated heterocycles. The Morgan fingerprint density at radius 3 is 1.61 bits per heavy atom. The number of aromatic nitrogens is 1. The molecule has 9 aromatic carbocycles. The van der Waals surface area contributed by atoms with E-state index in [1.165, 1.54) is 49.7 Å². The van der Waals surface area contributed by atoms with Gasteiger partial charge in [0.05, 0.1) is 28.1 Å². The lowest BCUT2D eigenvalue weighted by atomic mass is 9.93. The topological polar surface area (TPSA) is 8.17 Å². The Balaban J connectivity index is 1.25. The van der Waals surface area contributed by atoms with Crippen LogP contribution >= 0.6 is 0 Å². The SMILES string of the molecule is c1ccc(-c2cccc(-c3ccccc3N(c3ccccc3)c3cccc4c3c3ccccc3n4-c3cccc(-c4ccccc4)c3-c3ccccc3)c2)cc1. The quantitative estimate of drug-likeness (QED) is 0.152. The third kappa shape index (κ3) is 5.85. The molecule has 0 aliphatic heterocycles. The van der Waals surface area contributed by atoms with Crippen molar-refractivity contribution in [2.75, 3.05) is 4.90 Å². The van der Waals surface area contributed by atoms with Gasteiger partial charge < -0.3 is 9.47 Å². The average molecular weight is 715 g/mol. The Hall–Kier alpha value is -7.42.